The van der Waals surface area contributed by atoms with Crippen LogP contribution in [0.1, 0.15) is 18.4 Å². The van der Waals surface area contributed by atoms with Crippen molar-refractivity contribution in [1.29, 1.82) is 0 Å². The second kappa shape index (κ2) is 5.41. The van der Waals surface area contributed by atoms with Gasteiger partial charge in [0.1, 0.15) is 0 Å². The van der Waals surface area contributed by atoms with Crippen molar-refractivity contribution in [3.05, 3.63) is 72.3 Å². The molecule has 0 aliphatic heterocycles. The van der Waals surface area contributed by atoms with Crippen molar-refractivity contribution < 1.29 is 9.90 Å². The predicted octanol–water partition coefficient (Wildman–Crippen LogP) is 4.69. The Kier molecular flexibility index (Phi) is 3.44. The fourth-order valence-electron chi connectivity index (χ4n) is 2.71. The van der Waals surface area contributed by atoms with E-state index in [0.29, 0.717) is 0 Å². The maximum Gasteiger partial charge on any atom is 0.310 e. The van der Waals surface area contributed by atoms with E-state index in [9.17, 15) is 9.90 Å². The molecule has 0 fully saturated rings. The molecule has 0 aliphatic rings. The molecule has 3 rings (SSSR count). The largest absolute Gasteiger partial charge is 0.481 e. The van der Waals surface area contributed by atoms with Gasteiger partial charge in [0.25, 0.3) is 0 Å². The van der Waals surface area contributed by atoms with Gasteiger partial charge in [-0.25, -0.2) is 0 Å². The molecule has 0 saturated carbocycles. The topological polar surface area (TPSA) is 37.3 Å². The fourth-order valence-corrected chi connectivity index (χ4v) is 2.71. The van der Waals surface area contributed by atoms with Gasteiger partial charge in [-0.15, -0.1) is 0 Å². The van der Waals surface area contributed by atoms with Crippen molar-refractivity contribution in [2.45, 2.75) is 12.8 Å². The number of hydrogen-bond donors (Lipinski definition) is 1. The molecule has 0 bridgehead atoms. The summed E-state index contributed by atoms with van der Waals surface area (Å²) in [6.07, 6.45) is 0. The highest BCUT2D eigenvalue weighted by atomic mass is 16.4. The molecular weight excluding hydrogens is 260 g/mol. The van der Waals surface area contributed by atoms with E-state index in [0.717, 1.165) is 27.5 Å². The fraction of sp³-hybridized carbons (Fsp3) is 0.105. The van der Waals surface area contributed by atoms with Gasteiger partial charge in [0.05, 0.1) is 5.92 Å². The third-order valence-corrected chi connectivity index (χ3v) is 3.88. The third kappa shape index (κ3) is 2.40. The molecule has 2 heteroatoms. The lowest BCUT2D eigenvalue weighted by Crippen LogP contribution is -2.07. The van der Waals surface area contributed by atoms with Crippen LogP contribution in [0.5, 0.6) is 0 Å². The van der Waals surface area contributed by atoms with Gasteiger partial charge in [-0.2, -0.15) is 0 Å². The molecule has 21 heavy (non-hydrogen) atoms. The van der Waals surface area contributed by atoms with Gasteiger partial charge in [0, 0.05) is 0 Å². The standard InChI is InChI=1S/C19H16O2/c1-13(19(20)21)15-9-5-12-18-16(10-6-11-17(15)18)14-7-3-2-4-8-14/h2-13H,1H3,(H,20,21). The zero-order valence-corrected chi connectivity index (χ0v) is 11.8. The van der Waals surface area contributed by atoms with Crippen molar-refractivity contribution in [3.63, 3.8) is 0 Å². The van der Waals surface area contributed by atoms with E-state index in [1.165, 1.54) is 0 Å². The van der Waals surface area contributed by atoms with Crippen LogP contribution in [0.3, 0.4) is 0 Å². The van der Waals surface area contributed by atoms with Crippen LogP contribution in [0.2, 0.25) is 0 Å². The van der Waals surface area contributed by atoms with Crippen molar-refractivity contribution in [1.82, 2.24) is 0 Å². The van der Waals surface area contributed by atoms with Gasteiger partial charge in [0.15, 0.2) is 0 Å². The lowest BCUT2D eigenvalue weighted by molar-refractivity contribution is -0.138. The normalized spacial score (nSPS) is 12.2. The van der Waals surface area contributed by atoms with Crippen LogP contribution < -0.4 is 0 Å². The summed E-state index contributed by atoms with van der Waals surface area (Å²) >= 11 is 0. The van der Waals surface area contributed by atoms with Crippen LogP contribution in [-0.2, 0) is 4.79 Å². The predicted molar refractivity (Wildman–Crippen MR) is 85.4 cm³/mol. The molecule has 0 aromatic heterocycles. The number of hydrogen-bond acceptors (Lipinski definition) is 1. The van der Waals surface area contributed by atoms with E-state index in [4.69, 9.17) is 0 Å². The first kappa shape index (κ1) is 13.4. The molecule has 3 aromatic rings. The maximum absolute atomic E-state index is 11.3. The van der Waals surface area contributed by atoms with E-state index < -0.39 is 11.9 Å². The molecule has 0 aliphatic carbocycles. The Morgan fingerprint density at radius 2 is 1.52 bits per heavy atom. The Labute approximate surface area is 123 Å². The van der Waals surface area contributed by atoms with E-state index in [1.54, 1.807) is 6.92 Å². The van der Waals surface area contributed by atoms with Crippen LogP contribution >= 0.6 is 0 Å². The molecule has 104 valence electrons. The highest BCUT2D eigenvalue weighted by Gasteiger charge is 2.17. The molecule has 1 atom stereocenters. The van der Waals surface area contributed by atoms with Crippen LogP contribution in [0.15, 0.2) is 66.7 Å². The number of carboxylic acids is 1. The number of fused-ring (bicyclic) bond motifs is 1. The second-order valence-corrected chi connectivity index (χ2v) is 5.17. The molecular formula is C19H16O2. The lowest BCUT2D eigenvalue weighted by Gasteiger charge is -2.13. The minimum atomic E-state index is -0.799. The van der Waals surface area contributed by atoms with Gasteiger partial charge in [0.2, 0.25) is 0 Å². The van der Waals surface area contributed by atoms with Crippen molar-refractivity contribution in [2.75, 3.05) is 0 Å². The summed E-state index contributed by atoms with van der Waals surface area (Å²) in [6, 6.07) is 22.1. The molecule has 0 heterocycles. The highest BCUT2D eigenvalue weighted by molar-refractivity contribution is 6.00. The SMILES string of the molecule is CC(C(=O)O)c1cccc2c(-c3ccccc3)cccc12. The number of aliphatic carboxylic acids is 1. The first-order valence-electron chi connectivity index (χ1n) is 6.98. The van der Waals surface area contributed by atoms with E-state index in [2.05, 4.69) is 24.3 Å². The minimum Gasteiger partial charge on any atom is -0.481 e. The van der Waals surface area contributed by atoms with Gasteiger partial charge < -0.3 is 5.11 Å². The van der Waals surface area contributed by atoms with Crippen molar-refractivity contribution in [2.24, 2.45) is 0 Å². The molecule has 0 amide bonds. The van der Waals surface area contributed by atoms with E-state index >= 15 is 0 Å². The third-order valence-electron chi connectivity index (χ3n) is 3.88. The number of carbonyl (C=O) groups is 1. The van der Waals surface area contributed by atoms with Crippen LogP contribution in [-0.4, -0.2) is 11.1 Å². The van der Waals surface area contributed by atoms with Gasteiger partial charge in [-0.05, 0) is 34.4 Å². The summed E-state index contributed by atoms with van der Waals surface area (Å²) in [7, 11) is 0. The first-order chi connectivity index (χ1) is 10.2. The van der Waals surface area contributed by atoms with Gasteiger partial charge >= 0.3 is 5.97 Å². The first-order valence-corrected chi connectivity index (χ1v) is 6.98. The Morgan fingerprint density at radius 1 is 0.857 bits per heavy atom. The Hall–Kier alpha value is -2.61. The number of carboxylic acid groups (broad SMARTS) is 1. The molecule has 3 aromatic carbocycles. The van der Waals surface area contributed by atoms with Crippen LogP contribution in [0.25, 0.3) is 21.9 Å². The number of benzene rings is 3. The second-order valence-electron chi connectivity index (χ2n) is 5.17. The zero-order valence-electron chi connectivity index (χ0n) is 11.8. The summed E-state index contributed by atoms with van der Waals surface area (Å²) in [6.45, 7) is 1.73. The van der Waals surface area contributed by atoms with E-state index in [1.807, 2.05) is 42.5 Å². The Balaban J connectivity index is 2.26. The molecule has 1 unspecified atom stereocenters. The molecule has 2 nitrogen and oxygen atoms in total. The highest BCUT2D eigenvalue weighted by Crippen LogP contribution is 2.32. The Morgan fingerprint density at radius 3 is 2.24 bits per heavy atom. The molecule has 0 radical (unpaired) electrons. The summed E-state index contributed by atoms with van der Waals surface area (Å²) in [5.74, 6) is -1.31. The lowest BCUT2D eigenvalue weighted by atomic mass is 9.91. The number of rotatable bonds is 3. The zero-order chi connectivity index (χ0) is 14.8. The van der Waals surface area contributed by atoms with E-state index in [-0.39, 0.29) is 0 Å². The summed E-state index contributed by atoms with van der Waals surface area (Å²) < 4.78 is 0. The van der Waals surface area contributed by atoms with Crippen LogP contribution in [0, 0.1) is 0 Å². The average molecular weight is 276 g/mol. The van der Waals surface area contributed by atoms with Gasteiger partial charge in [-0.1, -0.05) is 66.7 Å². The quantitative estimate of drug-likeness (QED) is 0.753. The van der Waals surface area contributed by atoms with Crippen LogP contribution in [0.4, 0.5) is 0 Å². The van der Waals surface area contributed by atoms with Crippen molar-refractivity contribution in [3.8, 4) is 11.1 Å². The molecule has 0 saturated heterocycles. The monoisotopic (exact) mass is 276 g/mol. The van der Waals surface area contributed by atoms with Crippen molar-refractivity contribution >= 4 is 16.7 Å². The minimum absolute atomic E-state index is 0.514. The average Bonchev–Trinajstić information content (AvgIpc) is 2.53. The maximum atomic E-state index is 11.3. The summed E-state index contributed by atoms with van der Waals surface area (Å²) in [5, 5.41) is 11.4. The smallest absolute Gasteiger partial charge is 0.310 e. The summed E-state index contributed by atoms with van der Waals surface area (Å²) in [4.78, 5) is 11.3. The Bertz CT molecular complexity index is 791. The summed E-state index contributed by atoms with van der Waals surface area (Å²) in [5.41, 5.74) is 3.13. The molecule has 0 spiro atoms. The molecule has 1 N–H and O–H groups in total. The van der Waals surface area contributed by atoms with Gasteiger partial charge in [-0.3, -0.25) is 4.79 Å².